The highest BCUT2D eigenvalue weighted by Crippen LogP contribution is 2.44. The summed E-state index contributed by atoms with van der Waals surface area (Å²) in [7, 11) is 2.01. The summed E-state index contributed by atoms with van der Waals surface area (Å²) in [6, 6.07) is 0.271. The van der Waals surface area contributed by atoms with Crippen molar-refractivity contribution in [2.75, 3.05) is 7.05 Å². The van der Waals surface area contributed by atoms with E-state index in [4.69, 9.17) is 4.74 Å². The van der Waals surface area contributed by atoms with Crippen molar-refractivity contribution in [3.8, 4) is 0 Å². The Morgan fingerprint density at radius 3 is 3.06 bits per heavy atom. The third-order valence-corrected chi connectivity index (χ3v) is 4.12. The number of ether oxygens (including phenoxy) is 1. The molecular weight excluding hydrogens is 216 g/mol. The van der Waals surface area contributed by atoms with Crippen LogP contribution in [0.3, 0.4) is 0 Å². The summed E-state index contributed by atoms with van der Waals surface area (Å²) in [5, 5.41) is 7.66. The minimum Gasteiger partial charge on any atom is -0.375 e. The molecule has 2 aliphatic heterocycles. The number of nitrogens with one attached hydrogen (secondary N) is 1. The Balaban J connectivity index is 1.84. The van der Waals surface area contributed by atoms with Crippen LogP contribution in [0.2, 0.25) is 0 Å². The first kappa shape index (κ1) is 11.2. The normalized spacial score (nSPS) is 33.2. The smallest absolute Gasteiger partial charge is 0.144 e. The monoisotopic (exact) mass is 236 g/mol. The molecule has 0 amide bonds. The molecule has 94 valence electrons. The molecule has 1 aromatic heterocycles. The first-order chi connectivity index (χ1) is 8.33. The predicted molar refractivity (Wildman–Crippen MR) is 63.5 cm³/mol. The lowest BCUT2D eigenvalue weighted by Crippen LogP contribution is -2.34. The molecular formula is C12H20N4O. The number of aromatic nitrogens is 3. The molecule has 0 aromatic carbocycles. The number of fused-ring (bicyclic) bond motifs is 2. The highest BCUT2D eigenvalue weighted by atomic mass is 16.5. The van der Waals surface area contributed by atoms with Crippen molar-refractivity contribution in [3.63, 3.8) is 0 Å². The van der Waals surface area contributed by atoms with E-state index in [0.717, 1.165) is 18.8 Å². The van der Waals surface area contributed by atoms with Crippen molar-refractivity contribution in [2.45, 2.75) is 51.0 Å². The van der Waals surface area contributed by atoms with Crippen LogP contribution in [0.15, 0.2) is 6.33 Å². The molecule has 3 heterocycles. The van der Waals surface area contributed by atoms with Crippen molar-refractivity contribution >= 4 is 0 Å². The number of aryl methyl sites for hydroxylation is 1. The summed E-state index contributed by atoms with van der Waals surface area (Å²) >= 11 is 0. The van der Waals surface area contributed by atoms with Crippen LogP contribution in [0.1, 0.15) is 38.1 Å². The van der Waals surface area contributed by atoms with Gasteiger partial charge >= 0.3 is 0 Å². The topological polar surface area (TPSA) is 52.0 Å². The molecule has 1 aromatic rings. The summed E-state index contributed by atoms with van der Waals surface area (Å²) in [6.07, 6.45) is 6.15. The van der Waals surface area contributed by atoms with E-state index in [-0.39, 0.29) is 6.04 Å². The summed E-state index contributed by atoms with van der Waals surface area (Å²) in [4.78, 5) is 4.42. The predicted octanol–water partition coefficient (Wildman–Crippen LogP) is 1.13. The molecule has 0 spiro atoms. The molecule has 4 unspecified atom stereocenters. The fourth-order valence-corrected chi connectivity index (χ4v) is 3.32. The number of nitrogens with zero attached hydrogens (tertiary/aromatic N) is 3. The standard InChI is InChI=1S/C12H20N4O/c1-3-16-12(14-7-15-16)11(13-2)9-6-8-4-5-10(9)17-8/h7-11,13H,3-6H2,1-2H3. The van der Waals surface area contributed by atoms with Crippen LogP contribution in [0, 0.1) is 5.92 Å². The van der Waals surface area contributed by atoms with Crippen molar-refractivity contribution in [1.29, 1.82) is 0 Å². The minimum atomic E-state index is 0.271. The van der Waals surface area contributed by atoms with Gasteiger partial charge in [0.2, 0.25) is 0 Å². The first-order valence-corrected chi connectivity index (χ1v) is 6.54. The second-order valence-corrected chi connectivity index (χ2v) is 4.97. The summed E-state index contributed by atoms with van der Waals surface area (Å²) in [6.45, 7) is 2.97. The fourth-order valence-electron chi connectivity index (χ4n) is 3.32. The molecule has 5 nitrogen and oxygen atoms in total. The largest absolute Gasteiger partial charge is 0.375 e. The highest BCUT2D eigenvalue weighted by Gasteiger charge is 2.45. The zero-order valence-corrected chi connectivity index (χ0v) is 10.5. The maximum atomic E-state index is 5.94. The van der Waals surface area contributed by atoms with Crippen LogP contribution in [-0.2, 0) is 11.3 Å². The van der Waals surface area contributed by atoms with E-state index in [1.54, 1.807) is 6.33 Å². The van der Waals surface area contributed by atoms with Gasteiger partial charge in [0.25, 0.3) is 0 Å². The van der Waals surface area contributed by atoms with Crippen LogP contribution in [0.5, 0.6) is 0 Å². The Morgan fingerprint density at radius 1 is 1.59 bits per heavy atom. The van der Waals surface area contributed by atoms with Gasteiger partial charge in [0, 0.05) is 12.5 Å². The van der Waals surface area contributed by atoms with Gasteiger partial charge in [-0.2, -0.15) is 5.10 Å². The Hall–Kier alpha value is -0.940. The summed E-state index contributed by atoms with van der Waals surface area (Å²) in [5.74, 6) is 1.60. The van der Waals surface area contributed by atoms with Gasteiger partial charge in [0.05, 0.1) is 18.2 Å². The van der Waals surface area contributed by atoms with Gasteiger partial charge < -0.3 is 10.1 Å². The molecule has 2 fully saturated rings. The molecule has 1 N–H and O–H groups in total. The van der Waals surface area contributed by atoms with E-state index in [2.05, 4.69) is 22.3 Å². The van der Waals surface area contributed by atoms with E-state index in [1.807, 2.05) is 11.7 Å². The molecule has 3 rings (SSSR count). The maximum absolute atomic E-state index is 5.94. The Labute approximate surface area is 102 Å². The van der Waals surface area contributed by atoms with Gasteiger partial charge in [-0.25, -0.2) is 9.67 Å². The molecule has 2 bridgehead atoms. The second-order valence-electron chi connectivity index (χ2n) is 4.97. The Morgan fingerprint density at radius 2 is 2.47 bits per heavy atom. The third-order valence-electron chi connectivity index (χ3n) is 4.12. The van der Waals surface area contributed by atoms with Crippen LogP contribution < -0.4 is 5.32 Å². The Kier molecular flexibility index (Phi) is 2.88. The maximum Gasteiger partial charge on any atom is 0.144 e. The summed E-state index contributed by atoms with van der Waals surface area (Å²) < 4.78 is 7.92. The second kappa shape index (κ2) is 4.38. The molecule has 0 radical (unpaired) electrons. The lowest BCUT2D eigenvalue weighted by Gasteiger charge is -2.27. The lowest BCUT2D eigenvalue weighted by atomic mass is 9.83. The van der Waals surface area contributed by atoms with Crippen LogP contribution in [0.25, 0.3) is 0 Å². The van der Waals surface area contributed by atoms with Gasteiger partial charge in [-0.15, -0.1) is 0 Å². The third kappa shape index (κ3) is 1.77. The van der Waals surface area contributed by atoms with Crippen molar-refractivity contribution in [1.82, 2.24) is 20.1 Å². The lowest BCUT2D eigenvalue weighted by molar-refractivity contribution is 0.0852. The van der Waals surface area contributed by atoms with E-state index in [1.165, 1.54) is 12.8 Å². The van der Waals surface area contributed by atoms with Gasteiger partial charge in [-0.1, -0.05) is 0 Å². The molecule has 2 aliphatic rings. The number of hydrogen-bond donors (Lipinski definition) is 1. The molecule has 0 saturated carbocycles. The van der Waals surface area contributed by atoms with Crippen LogP contribution in [0.4, 0.5) is 0 Å². The van der Waals surface area contributed by atoms with Gasteiger partial charge in [0.15, 0.2) is 0 Å². The quantitative estimate of drug-likeness (QED) is 0.851. The van der Waals surface area contributed by atoms with Crippen LogP contribution in [-0.4, -0.2) is 34.0 Å². The summed E-state index contributed by atoms with van der Waals surface area (Å²) in [5.41, 5.74) is 0. The van der Waals surface area contributed by atoms with Gasteiger partial charge in [-0.3, -0.25) is 0 Å². The van der Waals surface area contributed by atoms with E-state index >= 15 is 0 Å². The first-order valence-electron chi connectivity index (χ1n) is 6.54. The molecule has 17 heavy (non-hydrogen) atoms. The van der Waals surface area contributed by atoms with Gasteiger partial charge in [0.1, 0.15) is 12.2 Å². The van der Waals surface area contributed by atoms with Crippen molar-refractivity contribution < 1.29 is 4.74 Å². The van der Waals surface area contributed by atoms with E-state index < -0.39 is 0 Å². The minimum absolute atomic E-state index is 0.271. The molecule has 4 atom stereocenters. The average Bonchev–Trinajstić information content (AvgIpc) is 3.05. The Bertz CT molecular complexity index is 392. The zero-order valence-electron chi connectivity index (χ0n) is 10.5. The number of rotatable bonds is 4. The zero-order chi connectivity index (χ0) is 11.8. The van der Waals surface area contributed by atoms with Crippen molar-refractivity contribution in [2.24, 2.45) is 5.92 Å². The number of hydrogen-bond acceptors (Lipinski definition) is 4. The fraction of sp³-hybridized carbons (Fsp3) is 0.833. The van der Waals surface area contributed by atoms with Crippen molar-refractivity contribution in [3.05, 3.63) is 12.2 Å². The van der Waals surface area contributed by atoms with E-state index in [9.17, 15) is 0 Å². The SMILES string of the molecule is CCn1ncnc1C(NC)C1CC2CCC1O2. The average molecular weight is 236 g/mol. The highest BCUT2D eigenvalue weighted by molar-refractivity contribution is 5.04. The molecule has 2 saturated heterocycles. The molecule has 0 aliphatic carbocycles. The van der Waals surface area contributed by atoms with Crippen LogP contribution >= 0.6 is 0 Å². The van der Waals surface area contributed by atoms with E-state index in [0.29, 0.717) is 18.1 Å². The molecule has 5 heteroatoms. The van der Waals surface area contributed by atoms with Gasteiger partial charge in [-0.05, 0) is 33.2 Å².